The fraction of sp³-hybridized carbons (Fsp3) is 0.136. The van der Waals surface area contributed by atoms with Gasteiger partial charge in [0.1, 0.15) is 17.8 Å². The van der Waals surface area contributed by atoms with E-state index in [0.29, 0.717) is 11.3 Å². The first-order chi connectivity index (χ1) is 14.7. The third-order valence-corrected chi connectivity index (χ3v) is 6.34. The highest BCUT2D eigenvalue weighted by Crippen LogP contribution is 2.36. The van der Waals surface area contributed by atoms with Crippen molar-refractivity contribution in [1.82, 2.24) is 14.8 Å². The average Bonchev–Trinajstić information content (AvgIpc) is 3.47. The number of ether oxygens (including phenoxy) is 2. The number of methoxy groups -OCH3 is 2. The zero-order valence-corrected chi connectivity index (χ0v) is 18.1. The number of hydrogen-bond donors (Lipinski definition) is 0. The molecule has 0 aliphatic rings. The van der Waals surface area contributed by atoms with Crippen molar-refractivity contribution in [2.45, 2.75) is 10.9 Å². The first-order valence-corrected chi connectivity index (χ1v) is 11.0. The van der Waals surface area contributed by atoms with E-state index in [4.69, 9.17) is 9.47 Å². The first-order valence-electron chi connectivity index (χ1n) is 9.12. The number of rotatable bonds is 8. The van der Waals surface area contributed by atoms with Crippen LogP contribution in [0.2, 0.25) is 0 Å². The number of benzene rings is 2. The summed E-state index contributed by atoms with van der Waals surface area (Å²) in [6, 6.07) is 17.2. The van der Waals surface area contributed by atoms with E-state index in [2.05, 4.69) is 10.2 Å². The van der Waals surface area contributed by atoms with Crippen LogP contribution in [0, 0.1) is 0 Å². The summed E-state index contributed by atoms with van der Waals surface area (Å²) in [5.41, 5.74) is 2.39. The summed E-state index contributed by atoms with van der Waals surface area (Å²) in [4.78, 5) is 12.2. The fourth-order valence-corrected chi connectivity index (χ4v) is 4.71. The van der Waals surface area contributed by atoms with Crippen LogP contribution in [-0.2, 0) is 5.75 Å². The van der Waals surface area contributed by atoms with Crippen molar-refractivity contribution in [2.75, 3.05) is 14.2 Å². The Bertz CT molecular complexity index is 1160. The topological polar surface area (TPSA) is 66.2 Å². The van der Waals surface area contributed by atoms with Crippen molar-refractivity contribution in [2.24, 2.45) is 0 Å². The van der Waals surface area contributed by atoms with Crippen molar-refractivity contribution >= 4 is 29.4 Å². The second-order valence-electron chi connectivity index (χ2n) is 6.27. The van der Waals surface area contributed by atoms with Crippen LogP contribution in [0.25, 0.3) is 16.4 Å². The van der Waals surface area contributed by atoms with Crippen LogP contribution in [0.1, 0.15) is 15.9 Å². The molecule has 2 aromatic heterocycles. The molecule has 0 atom stereocenters. The second-order valence-corrected chi connectivity index (χ2v) is 8.16. The zero-order chi connectivity index (χ0) is 20.9. The van der Waals surface area contributed by atoms with Gasteiger partial charge in [-0.1, -0.05) is 30.0 Å². The lowest BCUT2D eigenvalue weighted by Crippen LogP contribution is -2.02. The minimum absolute atomic E-state index is 0.572. The highest BCUT2D eigenvalue weighted by atomic mass is 32.2. The summed E-state index contributed by atoms with van der Waals surface area (Å²) in [5.74, 6) is 2.79. The number of aldehydes is 1. The second kappa shape index (κ2) is 9.15. The minimum Gasteiger partial charge on any atom is -0.496 e. The van der Waals surface area contributed by atoms with Crippen molar-refractivity contribution in [3.05, 3.63) is 71.1 Å². The molecule has 0 radical (unpaired) electrons. The molecule has 2 heterocycles. The maximum Gasteiger partial charge on any atom is 0.196 e. The molecule has 0 fully saturated rings. The van der Waals surface area contributed by atoms with Gasteiger partial charge in [0.05, 0.1) is 24.8 Å². The molecule has 0 bridgehead atoms. The lowest BCUT2D eigenvalue weighted by atomic mass is 10.1. The zero-order valence-electron chi connectivity index (χ0n) is 16.4. The van der Waals surface area contributed by atoms with Crippen LogP contribution in [0.4, 0.5) is 0 Å². The van der Waals surface area contributed by atoms with Crippen LogP contribution >= 0.6 is 23.1 Å². The maximum atomic E-state index is 11.2. The molecule has 0 amide bonds. The Kier molecular flexibility index (Phi) is 6.15. The van der Waals surface area contributed by atoms with Crippen LogP contribution in [-0.4, -0.2) is 35.3 Å². The molecule has 0 aliphatic carbocycles. The van der Waals surface area contributed by atoms with Gasteiger partial charge in [-0.25, -0.2) is 0 Å². The Labute approximate surface area is 182 Å². The van der Waals surface area contributed by atoms with Gasteiger partial charge in [0.15, 0.2) is 11.0 Å². The predicted octanol–water partition coefficient (Wildman–Crippen LogP) is 5.12. The lowest BCUT2D eigenvalue weighted by molar-refractivity contribution is 0.112. The van der Waals surface area contributed by atoms with Crippen LogP contribution in [0.15, 0.2) is 65.1 Å². The fourth-order valence-electron chi connectivity index (χ4n) is 3.09. The van der Waals surface area contributed by atoms with E-state index >= 15 is 0 Å². The van der Waals surface area contributed by atoms with Gasteiger partial charge in [0.2, 0.25) is 0 Å². The number of carbonyl (C=O) groups is 1. The van der Waals surface area contributed by atoms with Crippen molar-refractivity contribution < 1.29 is 14.3 Å². The molecule has 2 aromatic carbocycles. The summed E-state index contributed by atoms with van der Waals surface area (Å²) in [6.45, 7) is 0. The molecule has 4 rings (SSSR count). The van der Waals surface area contributed by atoms with E-state index in [9.17, 15) is 4.79 Å². The summed E-state index contributed by atoms with van der Waals surface area (Å²) in [7, 11) is 3.27. The van der Waals surface area contributed by atoms with E-state index in [1.54, 1.807) is 31.6 Å². The standard InChI is InChI=1S/C22H19N3O3S2/c1-27-18-10-9-15(13-26)12-16(18)14-30-22-24-23-21(20-8-5-11-29-20)25(22)17-6-3-4-7-19(17)28-2/h3-13H,14H2,1-2H3. The summed E-state index contributed by atoms with van der Waals surface area (Å²) in [5, 5.41) is 11.6. The van der Waals surface area contributed by atoms with Gasteiger partial charge in [0.25, 0.3) is 0 Å². The molecule has 0 saturated carbocycles. The molecule has 4 aromatic rings. The third-order valence-electron chi connectivity index (χ3n) is 4.50. The van der Waals surface area contributed by atoms with E-state index < -0.39 is 0 Å². The van der Waals surface area contributed by atoms with Gasteiger partial charge >= 0.3 is 0 Å². The molecule has 0 aliphatic heterocycles. The molecule has 0 saturated heterocycles. The number of thiophene rings is 1. The predicted molar refractivity (Wildman–Crippen MR) is 119 cm³/mol. The number of para-hydroxylation sites is 2. The van der Waals surface area contributed by atoms with Crippen molar-refractivity contribution in [3.8, 4) is 27.9 Å². The molecule has 8 heteroatoms. The van der Waals surface area contributed by atoms with Crippen molar-refractivity contribution in [3.63, 3.8) is 0 Å². The highest BCUT2D eigenvalue weighted by Gasteiger charge is 2.20. The first kappa shape index (κ1) is 20.2. The Balaban J connectivity index is 1.75. The number of carbonyl (C=O) groups excluding carboxylic acids is 1. The quantitative estimate of drug-likeness (QED) is 0.282. The van der Waals surface area contributed by atoms with Crippen LogP contribution in [0.3, 0.4) is 0 Å². The smallest absolute Gasteiger partial charge is 0.196 e. The van der Waals surface area contributed by atoms with Crippen LogP contribution < -0.4 is 9.47 Å². The van der Waals surface area contributed by atoms with Gasteiger partial charge in [0, 0.05) is 16.9 Å². The van der Waals surface area contributed by atoms with E-state index in [0.717, 1.165) is 44.9 Å². The summed E-state index contributed by atoms with van der Waals surface area (Å²) < 4.78 is 13.0. The van der Waals surface area contributed by atoms with Crippen molar-refractivity contribution in [1.29, 1.82) is 0 Å². The SMILES string of the molecule is COc1ccc(C=O)cc1CSc1nnc(-c2cccs2)n1-c1ccccc1OC. The third kappa shape index (κ3) is 3.96. The van der Waals surface area contributed by atoms with Gasteiger partial charge in [-0.2, -0.15) is 0 Å². The number of hydrogen-bond acceptors (Lipinski definition) is 7. The maximum absolute atomic E-state index is 11.2. The van der Waals surface area contributed by atoms with Gasteiger partial charge in [-0.15, -0.1) is 21.5 Å². The van der Waals surface area contributed by atoms with Gasteiger partial charge in [-0.05, 0) is 41.8 Å². The molecule has 0 spiro atoms. The average molecular weight is 438 g/mol. The largest absolute Gasteiger partial charge is 0.496 e. The highest BCUT2D eigenvalue weighted by molar-refractivity contribution is 7.98. The van der Waals surface area contributed by atoms with Gasteiger partial charge in [-0.3, -0.25) is 9.36 Å². The van der Waals surface area contributed by atoms with E-state index in [1.807, 2.05) is 58.5 Å². The Morgan fingerprint density at radius 3 is 2.60 bits per heavy atom. The number of aromatic nitrogens is 3. The molecule has 0 unspecified atom stereocenters. The molecule has 6 nitrogen and oxygen atoms in total. The molecule has 30 heavy (non-hydrogen) atoms. The monoisotopic (exact) mass is 437 g/mol. The molecule has 0 N–H and O–H groups in total. The molecular formula is C22H19N3O3S2. The normalized spacial score (nSPS) is 10.7. The van der Waals surface area contributed by atoms with Crippen LogP contribution in [0.5, 0.6) is 11.5 Å². The lowest BCUT2D eigenvalue weighted by Gasteiger charge is -2.14. The Hall–Kier alpha value is -3.10. The van der Waals surface area contributed by atoms with E-state index in [-0.39, 0.29) is 0 Å². The Morgan fingerprint density at radius 2 is 1.87 bits per heavy atom. The summed E-state index contributed by atoms with van der Waals surface area (Å²) in [6.07, 6.45) is 0.833. The molecular weight excluding hydrogens is 418 g/mol. The molecule has 152 valence electrons. The van der Waals surface area contributed by atoms with E-state index in [1.165, 1.54) is 11.8 Å². The Morgan fingerprint density at radius 1 is 1.03 bits per heavy atom. The summed E-state index contributed by atoms with van der Waals surface area (Å²) >= 11 is 3.13. The minimum atomic E-state index is 0.572. The number of nitrogens with zero attached hydrogens (tertiary/aromatic N) is 3. The van der Waals surface area contributed by atoms with Gasteiger partial charge < -0.3 is 9.47 Å². The number of thioether (sulfide) groups is 1.